The molecular weight excluding hydrogens is 276 g/mol. The molecule has 0 heterocycles. The van der Waals surface area contributed by atoms with E-state index in [0.29, 0.717) is 36.3 Å². The van der Waals surface area contributed by atoms with E-state index in [9.17, 15) is 15.2 Å². The Balaban J connectivity index is 2.00. The molecule has 20 heavy (non-hydrogen) atoms. The standard InChI is InChI=1S/C15H17ClN2O2/c16-12-3-1-2-11(8-12)14(9-17)18-15(20)10-4-6-13(19)7-5-10/h1-3,8,10,13-14,19H,4-7H2,(H,18,20). The number of nitrogens with one attached hydrogen (secondary N) is 1. The zero-order valence-electron chi connectivity index (χ0n) is 11.1. The van der Waals surface area contributed by atoms with Crippen LogP contribution >= 0.6 is 11.6 Å². The summed E-state index contributed by atoms with van der Waals surface area (Å²) in [6, 6.07) is 8.33. The minimum Gasteiger partial charge on any atom is -0.393 e. The third-order valence-corrected chi connectivity index (χ3v) is 3.90. The molecule has 1 atom stereocenters. The molecule has 1 aliphatic carbocycles. The summed E-state index contributed by atoms with van der Waals surface area (Å²) in [4.78, 5) is 12.2. The van der Waals surface area contributed by atoms with Crippen LogP contribution in [0.25, 0.3) is 0 Å². The number of carbonyl (C=O) groups excluding carboxylic acids is 1. The van der Waals surface area contributed by atoms with E-state index in [2.05, 4.69) is 11.4 Å². The van der Waals surface area contributed by atoms with Crippen LogP contribution in [0, 0.1) is 17.2 Å². The highest BCUT2D eigenvalue weighted by Crippen LogP contribution is 2.25. The lowest BCUT2D eigenvalue weighted by Crippen LogP contribution is -2.36. The summed E-state index contributed by atoms with van der Waals surface area (Å²) >= 11 is 5.90. The number of hydrogen-bond acceptors (Lipinski definition) is 3. The molecule has 1 aliphatic rings. The predicted molar refractivity (Wildman–Crippen MR) is 75.9 cm³/mol. The Hall–Kier alpha value is -1.57. The Labute approximate surface area is 123 Å². The second-order valence-corrected chi connectivity index (χ2v) is 5.57. The minimum absolute atomic E-state index is 0.117. The number of aliphatic hydroxyl groups is 1. The summed E-state index contributed by atoms with van der Waals surface area (Å²) in [7, 11) is 0. The van der Waals surface area contributed by atoms with E-state index in [4.69, 9.17) is 11.6 Å². The molecule has 0 aromatic heterocycles. The molecule has 0 aliphatic heterocycles. The van der Waals surface area contributed by atoms with Gasteiger partial charge in [-0.05, 0) is 43.4 Å². The van der Waals surface area contributed by atoms with E-state index in [1.165, 1.54) is 0 Å². The fourth-order valence-corrected chi connectivity index (χ4v) is 2.67. The zero-order chi connectivity index (χ0) is 14.5. The maximum Gasteiger partial charge on any atom is 0.224 e. The van der Waals surface area contributed by atoms with Gasteiger partial charge in [-0.1, -0.05) is 23.7 Å². The quantitative estimate of drug-likeness (QED) is 0.899. The lowest BCUT2D eigenvalue weighted by atomic mass is 9.86. The van der Waals surface area contributed by atoms with E-state index in [1.54, 1.807) is 24.3 Å². The van der Waals surface area contributed by atoms with Crippen molar-refractivity contribution in [3.8, 4) is 6.07 Å². The lowest BCUT2D eigenvalue weighted by Gasteiger charge is -2.25. The van der Waals surface area contributed by atoms with Gasteiger partial charge in [-0.2, -0.15) is 5.26 Å². The maximum absolute atomic E-state index is 12.2. The van der Waals surface area contributed by atoms with E-state index < -0.39 is 6.04 Å². The Morgan fingerprint density at radius 1 is 1.40 bits per heavy atom. The van der Waals surface area contributed by atoms with Gasteiger partial charge >= 0.3 is 0 Å². The van der Waals surface area contributed by atoms with Crippen LogP contribution < -0.4 is 5.32 Å². The molecule has 4 nitrogen and oxygen atoms in total. The average molecular weight is 293 g/mol. The maximum atomic E-state index is 12.2. The van der Waals surface area contributed by atoms with Gasteiger partial charge in [0.25, 0.3) is 0 Å². The van der Waals surface area contributed by atoms with Gasteiger partial charge in [-0.3, -0.25) is 4.79 Å². The van der Waals surface area contributed by atoms with Crippen molar-refractivity contribution in [1.82, 2.24) is 5.32 Å². The number of halogens is 1. The monoisotopic (exact) mass is 292 g/mol. The van der Waals surface area contributed by atoms with Crippen LogP contribution in [0.15, 0.2) is 24.3 Å². The van der Waals surface area contributed by atoms with Crippen molar-refractivity contribution in [1.29, 1.82) is 5.26 Å². The van der Waals surface area contributed by atoms with Gasteiger partial charge in [-0.25, -0.2) is 0 Å². The number of aliphatic hydroxyl groups excluding tert-OH is 1. The van der Waals surface area contributed by atoms with Crippen LogP contribution in [-0.2, 0) is 4.79 Å². The largest absolute Gasteiger partial charge is 0.393 e. The SMILES string of the molecule is N#CC(NC(=O)C1CCC(O)CC1)c1cccc(Cl)c1. The highest BCUT2D eigenvalue weighted by Gasteiger charge is 2.27. The third-order valence-electron chi connectivity index (χ3n) is 3.67. The molecule has 0 bridgehead atoms. The van der Waals surface area contributed by atoms with Crippen molar-refractivity contribution in [2.45, 2.75) is 37.8 Å². The number of nitriles is 1. The number of benzene rings is 1. The van der Waals surface area contributed by atoms with E-state index in [0.717, 1.165) is 0 Å². The lowest BCUT2D eigenvalue weighted by molar-refractivity contribution is -0.127. The second-order valence-electron chi connectivity index (χ2n) is 5.13. The highest BCUT2D eigenvalue weighted by molar-refractivity contribution is 6.30. The van der Waals surface area contributed by atoms with Crippen molar-refractivity contribution in [2.24, 2.45) is 5.92 Å². The van der Waals surface area contributed by atoms with Crippen molar-refractivity contribution in [3.05, 3.63) is 34.9 Å². The Bertz CT molecular complexity index is 519. The van der Waals surface area contributed by atoms with Crippen LogP contribution in [0.4, 0.5) is 0 Å². The molecular formula is C15H17ClN2O2. The van der Waals surface area contributed by atoms with Gasteiger partial charge in [-0.15, -0.1) is 0 Å². The molecule has 1 aromatic carbocycles. The molecule has 2 rings (SSSR count). The molecule has 1 aromatic rings. The summed E-state index contributed by atoms with van der Waals surface area (Å²) < 4.78 is 0. The molecule has 1 fully saturated rings. The van der Waals surface area contributed by atoms with Crippen molar-refractivity contribution < 1.29 is 9.90 Å². The van der Waals surface area contributed by atoms with Crippen LogP contribution in [0.5, 0.6) is 0 Å². The molecule has 2 N–H and O–H groups in total. The molecule has 1 amide bonds. The smallest absolute Gasteiger partial charge is 0.224 e. The van der Waals surface area contributed by atoms with Crippen LogP contribution in [0.3, 0.4) is 0 Å². The van der Waals surface area contributed by atoms with Gasteiger partial charge in [0.2, 0.25) is 5.91 Å². The summed E-state index contributed by atoms with van der Waals surface area (Å²) in [6.45, 7) is 0. The average Bonchev–Trinajstić information content (AvgIpc) is 2.45. The molecule has 0 saturated heterocycles. The summed E-state index contributed by atoms with van der Waals surface area (Å²) in [6.07, 6.45) is 2.33. The van der Waals surface area contributed by atoms with Gasteiger partial charge < -0.3 is 10.4 Å². The Kier molecular flexibility index (Phi) is 4.99. The molecule has 1 unspecified atom stereocenters. The first-order valence-corrected chi connectivity index (χ1v) is 7.11. The van der Waals surface area contributed by atoms with Crippen molar-refractivity contribution in [3.63, 3.8) is 0 Å². The van der Waals surface area contributed by atoms with E-state index in [1.807, 2.05) is 0 Å². The van der Waals surface area contributed by atoms with Crippen molar-refractivity contribution in [2.75, 3.05) is 0 Å². The predicted octanol–water partition coefficient (Wildman–Crippen LogP) is 2.57. The Morgan fingerprint density at radius 3 is 2.70 bits per heavy atom. The normalized spacial score (nSPS) is 23.6. The number of nitrogens with zero attached hydrogens (tertiary/aromatic N) is 1. The molecule has 1 saturated carbocycles. The van der Waals surface area contributed by atoms with Crippen molar-refractivity contribution >= 4 is 17.5 Å². The summed E-state index contributed by atoms with van der Waals surface area (Å²) in [5, 5.41) is 22.0. The second kappa shape index (κ2) is 6.74. The first-order valence-electron chi connectivity index (χ1n) is 6.73. The van der Waals surface area contributed by atoms with E-state index >= 15 is 0 Å². The topological polar surface area (TPSA) is 73.1 Å². The van der Waals surface area contributed by atoms with Crippen LogP contribution in [0.1, 0.15) is 37.3 Å². The van der Waals surface area contributed by atoms with Crippen LogP contribution in [0.2, 0.25) is 5.02 Å². The first kappa shape index (κ1) is 14.8. The van der Waals surface area contributed by atoms with Gasteiger partial charge in [0.1, 0.15) is 6.04 Å². The Morgan fingerprint density at radius 2 is 2.10 bits per heavy atom. The van der Waals surface area contributed by atoms with Gasteiger partial charge in [0.05, 0.1) is 12.2 Å². The molecule has 0 radical (unpaired) electrons. The van der Waals surface area contributed by atoms with E-state index in [-0.39, 0.29) is 17.9 Å². The summed E-state index contributed by atoms with van der Waals surface area (Å²) in [5.74, 6) is -0.239. The molecule has 0 spiro atoms. The minimum atomic E-state index is -0.687. The zero-order valence-corrected chi connectivity index (χ0v) is 11.8. The first-order chi connectivity index (χ1) is 9.60. The number of rotatable bonds is 3. The van der Waals surface area contributed by atoms with Gasteiger partial charge in [0.15, 0.2) is 0 Å². The number of amides is 1. The van der Waals surface area contributed by atoms with Crippen LogP contribution in [-0.4, -0.2) is 17.1 Å². The summed E-state index contributed by atoms with van der Waals surface area (Å²) in [5.41, 5.74) is 0.684. The fourth-order valence-electron chi connectivity index (χ4n) is 2.47. The fraction of sp³-hybridized carbons (Fsp3) is 0.467. The van der Waals surface area contributed by atoms with Gasteiger partial charge in [0, 0.05) is 10.9 Å². The molecule has 106 valence electrons. The third kappa shape index (κ3) is 3.72. The molecule has 5 heteroatoms. The highest BCUT2D eigenvalue weighted by atomic mass is 35.5. The number of carbonyl (C=O) groups is 1. The number of hydrogen-bond donors (Lipinski definition) is 2.